The van der Waals surface area contributed by atoms with E-state index in [4.69, 9.17) is 16.3 Å². The Morgan fingerprint density at radius 2 is 2.11 bits per heavy atom. The van der Waals surface area contributed by atoms with E-state index < -0.39 is 6.09 Å². The maximum Gasteiger partial charge on any atom is 0.407 e. The van der Waals surface area contributed by atoms with Crippen molar-refractivity contribution in [3.05, 3.63) is 23.4 Å². The highest BCUT2D eigenvalue weighted by Gasteiger charge is 2.44. The molecule has 0 spiro atoms. The zero-order valence-corrected chi connectivity index (χ0v) is 11.1. The quantitative estimate of drug-likeness (QED) is 0.906. The van der Waals surface area contributed by atoms with Gasteiger partial charge in [-0.1, -0.05) is 11.6 Å². The van der Waals surface area contributed by atoms with Crippen LogP contribution in [0.25, 0.3) is 0 Å². The van der Waals surface area contributed by atoms with Crippen molar-refractivity contribution in [1.82, 2.24) is 9.88 Å². The van der Waals surface area contributed by atoms with Gasteiger partial charge in [0.1, 0.15) is 6.10 Å². The van der Waals surface area contributed by atoms with Crippen LogP contribution in [0.3, 0.4) is 0 Å². The van der Waals surface area contributed by atoms with Crippen LogP contribution in [0, 0.1) is 0 Å². The standard InChI is InChI=1S/C13H15ClN2O3/c14-8-3-4-15-12(5-8)19-11-6-9-1-2-10(7-11)16(9)13(17)18/h3-5,9-11H,1-2,6-7H2,(H,17,18)/t9-,10+,11?. The highest BCUT2D eigenvalue weighted by atomic mass is 35.5. The highest BCUT2D eigenvalue weighted by Crippen LogP contribution is 2.37. The molecule has 2 saturated heterocycles. The molecular weight excluding hydrogens is 268 g/mol. The maximum absolute atomic E-state index is 11.2. The summed E-state index contributed by atoms with van der Waals surface area (Å²) in [6.07, 6.45) is 4.15. The van der Waals surface area contributed by atoms with Gasteiger partial charge < -0.3 is 14.7 Å². The molecule has 5 nitrogen and oxygen atoms in total. The van der Waals surface area contributed by atoms with Gasteiger partial charge in [0.2, 0.25) is 5.88 Å². The van der Waals surface area contributed by atoms with Crippen molar-refractivity contribution in [3.8, 4) is 5.88 Å². The van der Waals surface area contributed by atoms with Crippen molar-refractivity contribution in [3.63, 3.8) is 0 Å². The van der Waals surface area contributed by atoms with Crippen LogP contribution < -0.4 is 4.74 Å². The molecule has 1 N–H and O–H groups in total. The number of hydrogen-bond donors (Lipinski definition) is 1. The van der Waals surface area contributed by atoms with E-state index in [0.717, 1.165) is 25.7 Å². The van der Waals surface area contributed by atoms with E-state index in [1.165, 1.54) is 0 Å². The molecule has 3 heterocycles. The lowest BCUT2D eigenvalue weighted by Crippen LogP contribution is -2.48. The van der Waals surface area contributed by atoms with Crippen LogP contribution in [0.2, 0.25) is 5.02 Å². The van der Waals surface area contributed by atoms with Crippen LogP contribution in [0.4, 0.5) is 4.79 Å². The number of fused-ring (bicyclic) bond motifs is 2. The molecule has 3 atom stereocenters. The average Bonchev–Trinajstić information content (AvgIpc) is 2.62. The first-order valence-electron chi connectivity index (χ1n) is 6.43. The minimum atomic E-state index is -0.813. The summed E-state index contributed by atoms with van der Waals surface area (Å²) >= 11 is 5.89. The van der Waals surface area contributed by atoms with Crippen molar-refractivity contribution in [1.29, 1.82) is 0 Å². The van der Waals surface area contributed by atoms with E-state index in [2.05, 4.69) is 4.98 Å². The number of hydrogen-bond acceptors (Lipinski definition) is 3. The lowest BCUT2D eigenvalue weighted by atomic mass is 10.0. The van der Waals surface area contributed by atoms with Gasteiger partial charge in [-0.2, -0.15) is 0 Å². The molecule has 2 bridgehead atoms. The monoisotopic (exact) mass is 282 g/mol. The van der Waals surface area contributed by atoms with Gasteiger partial charge in [-0.05, 0) is 18.9 Å². The Kier molecular flexibility index (Phi) is 3.22. The number of carbonyl (C=O) groups is 1. The van der Waals surface area contributed by atoms with E-state index in [1.807, 2.05) is 0 Å². The lowest BCUT2D eigenvalue weighted by molar-refractivity contribution is 0.0477. The molecule has 1 amide bonds. The Balaban J connectivity index is 1.68. The van der Waals surface area contributed by atoms with Crippen LogP contribution in [0.5, 0.6) is 5.88 Å². The smallest absolute Gasteiger partial charge is 0.407 e. The second-order valence-electron chi connectivity index (χ2n) is 5.10. The number of ether oxygens (including phenoxy) is 1. The second kappa shape index (κ2) is 4.89. The maximum atomic E-state index is 11.2. The van der Waals surface area contributed by atoms with E-state index in [0.29, 0.717) is 10.9 Å². The van der Waals surface area contributed by atoms with Gasteiger partial charge in [0.05, 0.1) is 0 Å². The Hall–Kier alpha value is -1.49. The van der Waals surface area contributed by atoms with Crippen molar-refractivity contribution >= 4 is 17.7 Å². The van der Waals surface area contributed by atoms with Crippen molar-refractivity contribution in [2.75, 3.05) is 0 Å². The van der Waals surface area contributed by atoms with Gasteiger partial charge in [0.15, 0.2) is 0 Å². The van der Waals surface area contributed by atoms with Crippen molar-refractivity contribution < 1.29 is 14.6 Å². The molecule has 2 fully saturated rings. The van der Waals surface area contributed by atoms with Crippen molar-refractivity contribution in [2.45, 2.75) is 43.9 Å². The summed E-state index contributed by atoms with van der Waals surface area (Å²) in [5, 5.41) is 9.78. The fourth-order valence-corrected chi connectivity index (χ4v) is 3.31. The molecule has 1 aromatic heterocycles. The lowest BCUT2D eigenvalue weighted by Gasteiger charge is -2.36. The van der Waals surface area contributed by atoms with Gasteiger partial charge in [0, 0.05) is 42.2 Å². The minimum absolute atomic E-state index is 0.0269. The first kappa shape index (κ1) is 12.5. The molecular formula is C13H15ClN2O3. The number of carboxylic acid groups (broad SMARTS) is 1. The van der Waals surface area contributed by atoms with Crippen LogP contribution in [0.15, 0.2) is 18.3 Å². The van der Waals surface area contributed by atoms with Crippen LogP contribution >= 0.6 is 11.6 Å². The number of halogens is 1. The zero-order chi connectivity index (χ0) is 13.4. The average molecular weight is 283 g/mol. The third-order valence-corrected chi connectivity index (χ3v) is 4.13. The SMILES string of the molecule is O=C(O)N1[C@@H]2CC[C@H]1CC(Oc1cc(Cl)ccn1)C2. The second-order valence-corrected chi connectivity index (χ2v) is 5.53. The third-order valence-electron chi connectivity index (χ3n) is 3.90. The summed E-state index contributed by atoms with van der Waals surface area (Å²) in [5.74, 6) is 0.515. The van der Waals surface area contributed by atoms with Gasteiger partial charge >= 0.3 is 6.09 Å². The number of amides is 1. The predicted molar refractivity (Wildman–Crippen MR) is 69.6 cm³/mol. The van der Waals surface area contributed by atoms with E-state index >= 15 is 0 Å². The summed E-state index contributed by atoms with van der Waals surface area (Å²) < 4.78 is 5.83. The molecule has 0 aliphatic carbocycles. The zero-order valence-electron chi connectivity index (χ0n) is 10.3. The predicted octanol–water partition coefficient (Wildman–Crippen LogP) is 2.79. The third kappa shape index (κ3) is 2.47. The summed E-state index contributed by atoms with van der Waals surface area (Å²) in [7, 11) is 0. The van der Waals surface area contributed by atoms with Gasteiger partial charge in [0.25, 0.3) is 0 Å². The molecule has 102 valence electrons. The summed E-state index contributed by atoms with van der Waals surface area (Å²) in [6.45, 7) is 0. The number of aromatic nitrogens is 1. The molecule has 0 radical (unpaired) electrons. The molecule has 19 heavy (non-hydrogen) atoms. The molecule has 0 aromatic carbocycles. The summed E-state index contributed by atoms with van der Waals surface area (Å²) in [4.78, 5) is 16.9. The van der Waals surface area contributed by atoms with Crippen LogP contribution in [0.1, 0.15) is 25.7 Å². The number of rotatable bonds is 2. The molecule has 0 saturated carbocycles. The van der Waals surface area contributed by atoms with E-state index in [-0.39, 0.29) is 18.2 Å². The number of pyridine rings is 1. The Labute approximate surface area is 116 Å². The molecule has 1 aromatic rings. The van der Waals surface area contributed by atoms with Crippen molar-refractivity contribution in [2.24, 2.45) is 0 Å². The Morgan fingerprint density at radius 3 is 2.68 bits per heavy atom. The van der Waals surface area contributed by atoms with E-state index in [9.17, 15) is 9.90 Å². The van der Waals surface area contributed by atoms with Gasteiger partial charge in [-0.25, -0.2) is 9.78 Å². The largest absolute Gasteiger partial charge is 0.474 e. The first-order valence-corrected chi connectivity index (χ1v) is 6.81. The highest BCUT2D eigenvalue weighted by molar-refractivity contribution is 6.30. The topological polar surface area (TPSA) is 62.7 Å². The first-order chi connectivity index (χ1) is 9.13. The minimum Gasteiger partial charge on any atom is -0.474 e. The molecule has 3 rings (SSSR count). The molecule has 1 unspecified atom stereocenters. The normalized spacial score (nSPS) is 29.3. The molecule has 2 aliphatic rings. The fourth-order valence-electron chi connectivity index (χ4n) is 3.16. The number of nitrogens with zero attached hydrogens (tertiary/aromatic N) is 2. The molecule has 6 heteroatoms. The summed E-state index contributed by atoms with van der Waals surface area (Å²) in [6, 6.07) is 3.55. The number of piperidine rings is 1. The van der Waals surface area contributed by atoms with E-state index in [1.54, 1.807) is 23.2 Å². The summed E-state index contributed by atoms with van der Waals surface area (Å²) in [5.41, 5.74) is 0. The van der Waals surface area contributed by atoms with Crippen LogP contribution in [-0.2, 0) is 0 Å². The van der Waals surface area contributed by atoms with Gasteiger partial charge in [-0.3, -0.25) is 0 Å². The Morgan fingerprint density at radius 1 is 1.42 bits per heavy atom. The van der Waals surface area contributed by atoms with Gasteiger partial charge in [-0.15, -0.1) is 0 Å². The van der Waals surface area contributed by atoms with Crippen LogP contribution in [-0.4, -0.2) is 39.3 Å². The molecule has 2 aliphatic heterocycles. The Bertz CT molecular complexity index is 483. The fraction of sp³-hybridized carbons (Fsp3) is 0.538.